The molecule has 0 saturated carbocycles. The second-order valence-corrected chi connectivity index (χ2v) is 5.07. The number of nitrogens with zero attached hydrogens (tertiary/aromatic N) is 5. The fourth-order valence-corrected chi connectivity index (χ4v) is 2.37. The fourth-order valence-electron chi connectivity index (χ4n) is 1.67. The van der Waals surface area contributed by atoms with Gasteiger partial charge in [0, 0.05) is 12.4 Å². The normalized spacial score (nSPS) is 10.2. The van der Waals surface area contributed by atoms with E-state index in [0.717, 1.165) is 5.69 Å². The molecule has 2 aromatic rings. The minimum absolute atomic E-state index is 0. The highest BCUT2D eigenvalue weighted by molar-refractivity contribution is 7.13. The Morgan fingerprint density at radius 2 is 2.12 bits per heavy atom. The average molecular weight is 366 g/mol. The van der Waals surface area contributed by atoms with E-state index in [0.29, 0.717) is 29.0 Å². The van der Waals surface area contributed by atoms with E-state index in [4.69, 9.17) is 16.7 Å². The minimum atomic E-state index is -0.0341. The molecule has 0 amide bonds. The number of aromatic nitrogens is 2. The van der Waals surface area contributed by atoms with Gasteiger partial charge in [-0.1, -0.05) is 6.07 Å². The lowest BCUT2D eigenvalue weighted by Gasteiger charge is -2.07. The summed E-state index contributed by atoms with van der Waals surface area (Å²) >= 11 is 1.33. The molecule has 2 aromatic heterocycles. The summed E-state index contributed by atoms with van der Waals surface area (Å²) in [4.78, 5) is 16.6. The molecule has 0 aromatic carbocycles. The highest BCUT2D eigenvalue weighted by atomic mass is 35.5. The van der Waals surface area contributed by atoms with Gasteiger partial charge in [-0.2, -0.15) is 10.3 Å². The van der Waals surface area contributed by atoms with Gasteiger partial charge in [0.05, 0.1) is 17.9 Å². The van der Waals surface area contributed by atoms with Gasteiger partial charge in [0.25, 0.3) is 0 Å². The van der Waals surface area contributed by atoms with Crippen LogP contribution in [0.5, 0.6) is 0 Å². The van der Waals surface area contributed by atoms with Gasteiger partial charge in [0.1, 0.15) is 5.69 Å². The lowest BCUT2D eigenvalue weighted by Crippen LogP contribution is -2.33. The zero-order chi connectivity index (χ0) is 16.7. The summed E-state index contributed by atoms with van der Waals surface area (Å²) in [5, 5.41) is 16.3. The first kappa shape index (κ1) is 19.1. The van der Waals surface area contributed by atoms with E-state index >= 15 is 0 Å². The summed E-state index contributed by atoms with van der Waals surface area (Å²) in [6.07, 6.45) is 1.81. The van der Waals surface area contributed by atoms with Crippen LogP contribution in [-0.2, 0) is 6.54 Å². The Bertz CT molecular complexity index is 774. The fraction of sp³-hybridized carbons (Fsp3) is 0.154. The van der Waals surface area contributed by atoms with Crippen LogP contribution in [0.1, 0.15) is 5.69 Å². The smallest absolute Gasteiger partial charge is 0.212 e. The van der Waals surface area contributed by atoms with E-state index in [1.807, 2.05) is 23.6 Å². The molecule has 9 nitrogen and oxygen atoms in total. The maximum Gasteiger partial charge on any atom is 0.212 e. The number of hydrogen-bond acceptors (Lipinski definition) is 6. The van der Waals surface area contributed by atoms with Crippen molar-refractivity contribution in [3.8, 4) is 17.6 Å². The summed E-state index contributed by atoms with van der Waals surface area (Å²) in [5.74, 6) is 0.344. The molecular formula is C13H16ClN9S. The number of thiazole rings is 1. The molecule has 2 rings (SSSR count). The number of aliphatic imine (C=N–C) groups is 2. The Balaban J connectivity index is 0.00000288. The third kappa shape index (κ3) is 5.38. The highest BCUT2D eigenvalue weighted by Gasteiger charge is 2.07. The number of hydrogen-bond donors (Lipinski definition) is 4. The van der Waals surface area contributed by atoms with E-state index in [1.54, 1.807) is 13.2 Å². The quantitative estimate of drug-likeness (QED) is 0.269. The van der Waals surface area contributed by atoms with Gasteiger partial charge in [0.15, 0.2) is 12.2 Å². The molecule has 0 unspecified atom stereocenters. The third-order valence-electron chi connectivity index (χ3n) is 2.62. The van der Waals surface area contributed by atoms with Crippen LogP contribution in [0.25, 0.3) is 11.4 Å². The van der Waals surface area contributed by atoms with E-state index in [9.17, 15) is 0 Å². The zero-order valence-corrected chi connectivity index (χ0v) is 14.4. The Morgan fingerprint density at radius 1 is 1.33 bits per heavy atom. The standard InChI is InChI=1S/C13H15N9S.ClH/c1-17-12(19-7-14)18-5-8-3-2-4-9(20-8)10-6-23-13(21-10)22-11(15)16;/h2-4,6H,5H2,1H3,(H2,17,18,19)(H4,15,16,21,22);1H. The summed E-state index contributed by atoms with van der Waals surface area (Å²) in [6.45, 7) is 0.417. The molecule has 2 heterocycles. The van der Waals surface area contributed by atoms with Gasteiger partial charge in [-0.05, 0) is 12.1 Å². The Labute approximate surface area is 149 Å². The maximum absolute atomic E-state index is 8.59. The molecule has 0 spiro atoms. The molecule has 6 N–H and O–H groups in total. The Kier molecular flexibility index (Phi) is 7.41. The molecule has 0 aliphatic heterocycles. The van der Waals surface area contributed by atoms with E-state index in [-0.39, 0.29) is 18.4 Å². The number of nitrogens with two attached hydrogens (primary N) is 2. The van der Waals surface area contributed by atoms with Gasteiger partial charge in [-0.15, -0.1) is 23.7 Å². The predicted molar refractivity (Wildman–Crippen MR) is 97.0 cm³/mol. The van der Waals surface area contributed by atoms with E-state index < -0.39 is 0 Å². The van der Waals surface area contributed by atoms with Crippen LogP contribution in [-0.4, -0.2) is 28.9 Å². The second kappa shape index (κ2) is 9.29. The first-order chi connectivity index (χ1) is 11.1. The van der Waals surface area contributed by atoms with Crippen molar-refractivity contribution in [1.82, 2.24) is 20.6 Å². The highest BCUT2D eigenvalue weighted by Crippen LogP contribution is 2.25. The minimum Gasteiger partial charge on any atom is -0.370 e. The SMILES string of the molecule is CN=C(NC#N)NCc1cccc(-c2csc(N=C(N)N)n2)n1.Cl. The number of nitriles is 1. The zero-order valence-electron chi connectivity index (χ0n) is 12.7. The number of rotatable bonds is 4. The molecule has 0 fully saturated rings. The van der Waals surface area contributed by atoms with Gasteiger partial charge >= 0.3 is 0 Å². The predicted octanol–water partition coefficient (Wildman–Crippen LogP) is 0.678. The van der Waals surface area contributed by atoms with Gasteiger partial charge < -0.3 is 16.8 Å². The first-order valence-electron chi connectivity index (χ1n) is 6.49. The number of nitrogens with one attached hydrogen (secondary N) is 2. The Morgan fingerprint density at radius 3 is 2.79 bits per heavy atom. The van der Waals surface area contributed by atoms with Crippen molar-refractivity contribution in [1.29, 1.82) is 5.26 Å². The van der Waals surface area contributed by atoms with Crippen molar-refractivity contribution in [2.24, 2.45) is 21.5 Å². The van der Waals surface area contributed by atoms with Crippen molar-refractivity contribution in [3.63, 3.8) is 0 Å². The molecule has 0 saturated heterocycles. The maximum atomic E-state index is 8.59. The van der Waals surface area contributed by atoms with E-state index in [1.165, 1.54) is 11.3 Å². The Hall–Kier alpha value is -2.90. The van der Waals surface area contributed by atoms with Crippen LogP contribution in [0.4, 0.5) is 5.13 Å². The van der Waals surface area contributed by atoms with Crippen LogP contribution in [0.2, 0.25) is 0 Å². The first-order valence-corrected chi connectivity index (χ1v) is 7.37. The molecule has 0 bridgehead atoms. The van der Waals surface area contributed by atoms with Crippen LogP contribution >= 0.6 is 23.7 Å². The van der Waals surface area contributed by atoms with E-state index in [2.05, 4.69) is 30.6 Å². The van der Waals surface area contributed by atoms with Gasteiger partial charge in [-0.3, -0.25) is 10.3 Å². The number of pyridine rings is 1. The number of halogens is 1. The van der Waals surface area contributed by atoms with Gasteiger partial charge in [-0.25, -0.2) is 9.97 Å². The molecule has 24 heavy (non-hydrogen) atoms. The third-order valence-corrected chi connectivity index (χ3v) is 3.36. The molecule has 0 aliphatic carbocycles. The number of guanidine groups is 2. The lowest BCUT2D eigenvalue weighted by molar-refractivity contribution is 0.848. The summed E-state index contributed by atoms with van der Waals surface area (Å²) in [7, 11) is 1.58. The summed E-state index contributed by atoms with van der Waals surface area (Å²) in [5.41, 5.74) is 12.8. The van der Waals surface area contributed by atoms with Crippen molar-refractivity contribution in [2.75, 3.05) is 7.05 Å². The van der Waals surface area contributed by atoms with Crippen molar-refractivity contribution < 1.29 is 0 Å². The largest absolute Gasteiger partial charge is 0.370 e. The molecule has 0 atom stereocenters. The summed E-state index contributed by atoms with van der Waals surface area (Å²) in [6, 6.07) is 5.58. The van der Waals surface area contributed by atoms with Crippen LogP contribution in [0, 0.1) is 11.5 Å². The molecule has 126 valence electrons. The summed E-state index contributed by atoms with van der Waals surface area (Å²) < 4.78 is 0. The average Bonchev–Trinajstić information content (AvgIpc) is 2.99. The molecule has 0 aliphatic rings. The lowest BCUT2D eigenvalue weighted by atomic mass is 10.2. The monoisotopic (exact) mass is 365 g/mol. The second-order valence-electron chi connectivity index (χ2n) is 4.23. The van der Waals surface area contributed by atoms with Crippen molar-refractivity contribution in [2.45, 2.75) is 6.54 Å². The van der Waals surface area contributed by atoms with Crippen LogP contribution in [0.15, 0.2) is 33.6 Å². The molecule has 11 heteroatoms. The topological polar surface area (TPSA) is 150 Å². The van der Waals surface area contributed by atoms with Crippen molar-refractivity contribution in [3.05, 3.63) is 29.3 Å². The van der Waals surface area contributed by atoms with Crippen molar-refractivity contribution >= 4 is 40.8 Å². The van der Waals surface area contributed by atoms with Crippen LogP contribution in [0.3, 0.4) is 0 Å². The molecule has 0 radical (unpaired) electrons. The van der Waals surface area contributed by atoms with Gasteiger partial charge in [0.2, 0.25) is 11.1 Å². The molecular weight excluding hydrogens is 350 g/mol. The van der Waals surface area contributed by atoms with Crippen LogP contribution < -0.4 is 22.1 Å².